The highest BCUT2D eigenvalue weighted by molar-refractivity contribution is 7.99. The number of amides is 2. The van der Waals surface area contributed by atoms with Crippen molar-refractivity contribution in [1.29, 1.82) is 0 Å². The lowest BCUT2D eigenvalue weighted by atomic mass is 9.97. The second kappa shape index (κ2) is 15.1. The molecule has 0 aliphatic heterocycles. The molecule has 2 amide bonds. The first-order valence-electron chi connectivity index (χ1n) is 13.2. The summed E-state index contributed by atoms with van der Waals surface area (Å²) in [4.78, 5) is 28.5. The van der Waals surface area contributed by atoms with Gasteiger partial charge in [-0.3, -0.25) is 9.69 Å². The van der Waals surface area contributed by atoms with Crippen LogP contribution in [-0.2, 0) is 11.2 Å². The molecule has 0 spiro atoms. The molecule has 196 valence electrons. The first-order valence-corrected chi connectivity index (χ1v) is 14.0. The molecule has 6 heteroatoms. The number of anilines is 1. The standard InChI is InChI=1S/C31H38N2O3S/c1-3-5-6-10-22-32-31(36)33(23-21-24-11-8-7-9-12-24)26-15-19-28(20-16-26)37-27-17-13-25(14-18-27)29(4-2)30(34)35/h7-9,11-20,29H,3-6,10,21-23H2,1-2H3,(H,32,36)(H,34,35). The van der Waals surface area contributed by atoms with E-state index in [4.69, 9.17) is 0 Å². The maximum atomic E-state index is 13.1. The summed E-state index contributed by atoms with van der Waals surface area (Å²) in [5.74, 6) is -1.27. The zero-order chi connectivity index (χ0) is 26.5. The Morgan fingerprint density at radius 1 is 0.865 bits per heavy atom. The Morgan fingerprint density at radius 3 is 2.11 bits per heavy atom. The van der Waals surface area contributed by atoms with Gasteiger partial charge >= 0.3 is 12.0 Å². The minimum atomic E-state index is -0.791. The number of carbonyl (C=O) groups excluding carboxylic acids is 1. The first-order chi connectivity index (χ1) is 18.0. The summed E-state index contributed by atoms with van der Waals surface area (Å²) in [6.07, 6.45) is 5.83. The zero-order valence-corrected chi connectivity index (χ0v) is 22.7. The molecule has 3 aromatic rings. The number of nitrogens with one attached hydrogen (secondary N) is 1. The molecule has 3 rings (SSSR count). The van der Waals surface area contributed by atoms with E-state index in [1.807, 2.05) is 78.6 Å². The fourth-order valence-electron chi connectivity index (χ4n) is 4.23. The third kappa shape index (κ3) is 8.97. The molecular weight excluding hydrogens is 480 g/mol. The quantitative estimate of drug-likeness (QED) is 0.214. The summed E-state index contributed by atoms with van der Waals surface area (Å²) in [7, 11) is 0. The highest BCUT2D eigenvalue weighted by Gasteiger charge is 2.18. The van der Waals surface area contributed by atoms with Gasteiger partial charge in [0.2, 0.25) is 0 Å². The minimum Gasteiger partial charge on any atom is -0.481 e. The van der Waals surface area contributed by atoms with Gasteiger partial charge in [0.15, 0.2) is 0 Å². The van der Waals surface area contributed by atoms with Gasteiger partial charge in [0.25, 0.3) is 0 Å². The second-order valence-electron chi connectivity index (χ2n) is 9.14. The molecule has 0 radical (unpaired) electrons. The lowest BCUT2D eigenvalue weighted by molar-refractivity contribution is -0.138. The molecule has 37 heavy (non-hydrogen) atoms. The van der Waals surface area contributed by atoms with Gasteiger partial charge in [-0.25, -0.2) is 4.79 Å². The molecule has 0 heterocycles. The molecule has 0 aliphatic carbocycles. The van der Waals surface area contributed by atoms with Crippen molar-refractivity contribution in [2.75, 3.05) is 18.0 Å². The molecule has 1 unspecified atom stereocenters. The zero-order valence-electron chi connectivity index (χ0n) is 21.9. The van der Waals surface area contributed by atoms with Crippen LogP contribution in [0.15, 0.2) is 88.7 Å². The number of carboxylic acid groups (broad SMARTS) is 1. The number of benzene rings is 3. The summed E-state index contributed by atoms with van der Waals surface area (Å²) in [6.45, 7) is 5.35. The van der Waals surface area contributed by atoms with Crippen LogP contribution in [0.5, 0.6) is 0 Å². The highest BCUT2D eigenvalue weighted by Crippen LogP contribution is 2.31. The van der Waals surface area contributed by atoms with Crippen molar-refractivity contribution < 1.29 is 14.7 Å². The SMILES string of the molecule is CCCCCCNC(=O)N(CCc1ccccc1)c1ccc(Sc2ccc(C(CC)C(=O)O)cc2)cc1. The van der Waals surface area contributed by atoms with Gasteiger partial charge in [0.1, 0.15) is 0 Å². The number of nitrogens with zero attached hydrogens (tertiary/aromatic N) is 1. The third-order valence-electron chi connectivity index (χ3n) is 6.39. The number of rotatable bonds is 14. The molecule has 0 saturated heterocycles. The van der Waals surface area contributed by atoms with Gasteiger partial charge in [0.05, 0.1) is 5.92 Å². The molecule has 5 nitrogen and oxygen atoms in total. The second-order valence-corrected chi connectivity index (χ2v) is 10.3. The molecule has 0 bridgehead atoms. The third-order valence-corrected chi connectivity index (χ3v) is 7.41. The van der Waals surface area contributed by atoms with Crippen LogP contribution in [0.2, 0.25) is 0 Å². The molecule has 0 aliphatic rings. The largest absolute Gasteiger partial charge is 0.481 e. The van der Waals surface area contributed by atoms with Crippen molar-refractivity contribution >= 4 is 29.4 Å². The number of carbonyl (C=O) groups is 2. The summed E-state index contributed by atoms with van der Waals surface area (Å²) >= 11 is 1.62. The average molecular weight is 519 g/mol. The number of aliphatic carboxylic acids is 1. The van der Waals surface area contributed by atoms with Crippen molar-refractivity contribution in [2.45, 2.75) is 68.1 Å². The Bertz CT molecular complexity index is 1100. The maximum absolute atomic E-state index is 13.1. The van der Waals surface area contributed by atoms with Crippen molar-refractivity contribution in [2.24, 2.45) is 0 Å². The minimum absolute atomic E-state index is 0.0627. The van der Waals surface area contributed by atoms with E-state index in [-0.39, 0.29) is 6.03 Å². The van der Waals surface area contributed by atoms with Gasteiger partial charge < -0.3 is 10.4 Å². The van der Waals surface area contributed by atoms with Crippen LogP contribution >= 0.6 is 11.8 Å². The van der Waals surface area contributed by atoms with Crippen LogP contribution < -0.4 is 10.2 Å². The Labute approximate surface area is 225 Å². The Balaban J connectivity index is 1.67. The van der Waals surface area contributed by atoms with E-state index in [2.05, 4.69) is 24.4 Å². The van der Waals surface area contributed by atoms with Gasteiger partial charge in [-0.05, 0) is 66.8 Å². The fourth-order valence-corrected chi connectivity index (χ4v) is 5.04. The highest BCUT2D eigenvalue weighted by atomic mass is 32.2. The van der Waals surface area contributed by atoms with Crippen molar-refractivity contribution in [3.63, 3.8) is 0 Å². The molecule has 1 atom stereocenters. The van der Waals surface area contributed by atoms with Crippen LogP contribution in [0.4, 0.5) is 10.5 Å². The number of hydrogen-bond acceptors (Lipinski definition) is 3. The number of urea groups is 1. The molecule has 0 saturated carbocycles. The number of unbranched alkanes of at least 4 members (excludes halogenated alkanes) is 3. The molecular formula is C31H38N2O3S. The Hall–Kier alpha value is -3.25. The molecule has 3 aromatic carbocycles. The lowest BCUT2D eigenvalue weighted by Gasteiger charge is -2.24. The van der Waals surface area contributed by atoms with Crippen LogP contribution in [0.1, 0.15) is 63.0 Å². The molecule has 2 N–H and O–H groups in total. The van der Waals surface area contributed by atoms with Gasteiger partial charge in [-0.2, -0.15) is 0 Å². The summed E-state index contributed by atoms with van der Waals surface area (Å²) in [5, 5.41) is 12.5. The Kier molecular flexibility index (Phi) is 11.6. The van der Waals surface area contributed by atoms with Crippen LogP contribution in [0, 0.1) is 0 Å². The summed E-state index contributed by atoms with van der Waals surface area (Å²) in [5.41, 5.74) is 2.89. The van der Waals surface area contributed by atoms with E-state index in [0.29, 0.717) is 19.5 Å². The lowest BCUT2D eigenvalue weighted by Crippen LogP contribution is -2.41. The van der Waals surface area contributed by atoms with E-state index < -0.39 is 11.9 Å². The van der Waals surface area contributed by atoms with Gasteiger partial charge in [0, 0.05) is 28.6 Å². The van der Waals surface area contributed by atoms with Gasteiger partial charge in [-0.15, -0.1) is 0 Å². The van der Waals surface area contributed by atoms with Crippen LogP contribution in [-0.4, -0.2) is 30.2 Å². The monoisotopic (exact) mass is 518 g/mol. The van der Waals surface area contributed by atoms with E-state index in [0.717, 1.165) is 40.3 Å². The van der Waals surface area contributed by atoms with Crippen molar-refractivity contribution in [1.82, 2.24) is 5.32 Å². The summed E-state index contributed by atoms with van der Waals surface area (Å²) < 4.78 is 0. The number of carboxylic acids is 1. The predicted octanol–water partition coefficient (Wildman–Crippen LogP) is 7.76. The number of hydrogen-bond donors (Lipinski definition) is 2. The van der Waals surface area contributed by atoms with Crippen LogP contribution in [0.25, 0.3) is 0 Å². The van der Waals surface area contributed by atoms with Gasteiger partial charge in [-0.1, -0.05) is 87.3 Å². The normalized spacial score (nSPS) is 11.6. The fraction of sp³-hybridized carbons (Fsp3) is 0.355. The van der Waals surface area contributed by atoms with E-state index in [1.165, 1.54) is 18.4 Å². The van der Waals surface area contributed by atoms with E-state index in [1.54, 1.807) is 11.8 Å². The first kappa shape index (κ1) is 28.3. The maximum Gasteiger partial charge on any atom is 0.321 e. The topological polar surface area (TPSA) is 69.6 Å². The average Bonchev–Trinajstić information content (AvgIpc) is 2.91. The molecule has 0 fully saturated rings. The Morgan fingerprint density at radius 2 is 1.51 bits per heavy atom. The van der Waals surface area contributed by atoms with E-state index in [9.17, 15) is 14.7 Å². The van der Waals surface area contributed by atoms with Crippen molar-refractivity contribution in [3.05, 3.63) is 90.0 Å². The van der Waals surface area contributed by atoms with Crippen LogP contribution in [0.3, 0.4) is 0 Å². The summed E-state index contributed by atoms with van der Waals surface area (Å²) in [6, 6.07) is 26.0. The van der Waals surface area contributed by atoms with Crippen molar-refractivity contribution in [3.8, 4) is 0 Å². The smallest absolute Gasteiger partial charge is 0.321 e. The predicted molar refractivity (Wildman–Crippen MR) is 153 cm³/mol. The van der Waals surface area contributed by atoms with E-state index >= 15 is 0 Å². The molecule has 0 aromatic heterocycles.